The third-order valence-electron chi connectivity index (χ3n) is 13.8. The van der Waals surface area contributed by atoms with E-state index < -0.39 is 50.7 Å². The molecule has 4 aliphatic rings. The molecule has 2 N–H and O–H groups in total. The molecule has 4 aliphatic carbocycles. The van der Waals surface area contributed by atoms with Crippen LogP contribution in [0.1, 0.15) is 155 Å². The molecule has 0 saturated heterocycles. The first-order valence-corrected chi connectivity index (χ1v) is 25.7. The Hall–Kier alpha value is -3.23. The summed E-state index contributed by atoms with van der Waals surface area (Å²) in [5.74, 6) is -3.80. The third-order valence-corrected chi connectivity index (χ3v) is 21.7. The van der Waals surface area contributed by atoms with E-state index in [0.717, 1.165) is 77.0 Å². The Morgan fingerprint density at radius 1 is 0.627 bits per heavy atom. The number of anilines is 2. The molecule has 0 heterocycles. The average molecular weight is 851 g/mol. The van der Waals surface area contributed by atoms with Crippen LogP contribution in [0.5, 0.6) is 0 Å². The Labute approximate surface area is 354 Å². The summed E-state index contributed by atoms with van der Waals surface area (Å²) in [7, 11) is 0. The normalized spacial score (nSPS) is 18.0. The third kappa shape index (κ3) is 9.49. The van der Waals surface area contributed by atoms with Gasteiger partial charge in [0.15, 0.2) is 0 Å². The van der Waals surface area contributed by atoms with Crippen molar-refractivity contribution in [1.82, 2.24) is 0 Å². The van der Waals surface area contributed by atoms with Crippen LogP contribution in [0.2, 0.25) is 0 Å². The molecular weight excluding hydrogens is 784 g/mol. The van der Waals surface area contributed by atoms with Crippen molar-refractivity contribution >= 4 is 30.9 Å². The van der Waals surface area contributed by atoms with Crippen molar-refractivity contribution in [3.63, 3.8) is 0 Å². The standard InChI is InChI=1S/2C20H28F2NO.2C5H5.Ti/c2*1-4-10-20(2,3)19(24)23-18-13-15(21)12-17(22)16(18)11-14-8-6-5-7-9-14;2*1-2-4-5-3-1;/h2*13-14H,4-11H2,1-3H3,(H,23,24);2*1-3H,4H2;. The molecule has 0 spiro atoms. The number of benzene rings is 2. The molecule has 9 heteroatoms. The van der Waals surface area contributed by atoms with Gasteiger partial charge in [-0.2, -0.15) is 0 Å². The number of nitrogens with one attached hydrogen (secondary N) is 2. The zero-order valence-electron chi connectivity index (χ0n) is 36.3. The molecule has 0 atom stereocenters. The van der Waals surface area contributed by atoms with E-state index in [0.29, 0.717) is 33.4 Å². The average Bonchev–Trinajstić information content (AvgIpc) is 3.94. The van der Waals surface area contributed by atoms with E-state index in [1.807, 2.05) is 78.0 Å². The van der Waals surface area contributed by atoms with E-state index in [1.54, 1.807) is 0 Å². The fourth-order valence-corrected chi connectivity index (χ4v) is 18.8. The van der Waals surface area contributed by atoms with Crippen molar-refractivity contribution in [2.24, 2.45) is 22.7 Å². The first-order chi connectivity index (χ1) is 28.1. The second-order valence-corrected chi connectivity index (χ2v) is 25.0. The maximum atomic E-state index is 18.4. The summed E-state index contributed by atoms with van der Waals surface area (Å²) < 4.78 is 73.0. The molecule has 320 valence electrons. The van der Waals surface area contributed by atoms with Gasteiger partial charge in [0.25, 0.3) is 0 Å². The second-order valence-electron chi connectivity index (χ2n) is 19.1. The van der Waals surface area contributed by atoms with Crippen LogP contribution in [0, 0.1) is 45.9 Å². The van der Waals surface area contributed by atoms with Crippen molar-refractivity contribution < 1.29 is 43.7 Å². The number of allylic oxidation sites excluding steroid dienone is 8. The van der Waals surface area contributed by atoms with Crippen molar-refractivity contribution in [2.45, 2.75) is 157 Å². The van der Waals surface area contributed by atoms with Crippen LogP contribution in [0.25, 0.3) is 0 Å². The van der Waals surface area contributed by atoms with Crippen LogP contribution in [-0.2, 0) is 39.0 Å². The van der Waals surface area contributed by atoms with Crippen LogP contribution >= 0.6 is 0 Å². The molecule has 0 unspecified atom stereocenters. The van der Waals surface area contributed by atoms with Gasteiger partial charge in [-0.25, -0.2) is 0 Å². The monoisotopic (exact) mass is 850 g/mol. The summed E-state index contributed by atoms with van der Waals surface area (Å²) in [6.07, 6.45) is 24.7. The van der Waals surface area contributed by atoms with E-state index >= 15 is 17.6 Å². The Balaban J connectivity index is 1.64. The summed E-state index contributed by atoms with van der Waals surface area (Å²) in [6.45, 7) is 11.3. The fourth-order valence-electron chi connectivity index (χ4n) is 10.5. The first-order valence-electron chi connectivity index (χ1n) is 22.5. The summed E-state index contributed by atoms with van der Waals surface area (Å²) in [5.41, 5.74) is -0.935. The number of halogens is 4. The molecule has 4 nitrogen and oxygen atoms in total. The van der Waals surface area contributed by atoms with E-state index in [-0.39, 0.29) is 66.7 Å². The summed E-state index contributed by atoms with van der Waals surface area (Å²) in [4.78, 5) is 27.6. The van der Waals surface area contributed by atoms with Gasteiger partial charge in [-0.15, -0.1) is 0 Å². The van der Waals surface area contributed by atoms with Gasteiger partial charge >= 0.3 is 356 Å². The molecule has 0 aliphatic heterocycles. The Morgan fingerprint density at radius 2 is 1.00 bits per heavy atom. The van der Waals surface area contributed by atoms with Crippen LogP contribution in [-0.4, -0.2) is 11.8 Å². The molecule has 0 bridgehead atoms. The van der Waals surface area contributed by atoms with Crippen LogP contribution in [0.4, 0.5) is 28.9 Å². The molecule has 6 rings (SSSR count). The quantitative estimate of drug-likeness (QED) is 0.131. The number of amides is 2. The molecular formula is C50H66F4N2O2Ti. The van der Waals surface area contributed by atoms with Gasteiger partial charge in [0.2, 0.25) is 0 Å². The predicted octanol–water partition coefficient (Wildman–Crippen LogP) is 12.8. The van der Waals surface area contributed by atoms with E-state index in [1.165, 1.54) is 12.1 Å². The van der Waals surface area contributed by atoms with Gasteiger partial charge in [-0.1, -0.05) is 0 Å². The maximum absolute atomic E-state index is 18.4. The number of hydrogen-bond acceptors (Lipinski definition) is 2. The van der Waals surface area contributed by atoms with Crippen LogP contribution in [0.15, 0.2) is 56.3 Å². The minimum atomic E-state index is -5.24. The predicted molar refractivity (Wildman–Crippen MR) is 231 cm³/mol. The van der Waals surface area contributed by atoms with Crippen molar-refractivity contribution in [3.05, 3.63) is 90.7 Å². The van der Waals surface area contributed by atoms with Gasteiger partial charge < -0.3 is 0 Å². The number of carbonyl (C=O) groups is 2. The van der Waals surface area contributed by atoms with Gasteiger partial charge in [0.1, 0.15) is 0 Å². The number of rotatable bonds is 16. The summed E-state index contributed by atoms with van der Waals surface area (Å²) in [5, 5.41) is 5.90. The Morgan fingerprint density at radius 3 is 1.32 bits per heavy atom. The summed E-state index contributed by atoms with van der Waals surface area (Å²) >= 11 is -5.24. The molecule has 2 fully saturated rings. The SMILES string of the molecule is CCCC(C)(C)C(=O)Nc1cc(F)[c]([Ti]([C]2=CC=CC2)([C]2=CC=CC2)[c]2c(F)cc(NC(=O)C(C)(C)CCC)c(CC3CCCCC3)c2F)c(F)c1CC1CCCCC1. The topological polar surface area (TPSA) is 58.2 Å². The molecule has 0 radical (unpaired) electrons. The zero-order chi connectivity index (χ0) is 42.5. The van der Waals surface area contributed by atoms with E-state index in [9.17, 15) is 9.59 Å². The number of carbonyl (C=O) groups excluding carboxylic acids is 2. The first kappa shape index (κ1) is 45.3. The van der Waals surface area contributed by atoms with Gasteiger partial charge in [-0.3, -0.25) is 0 Å². The van der Waals surface area contributed by atoms with Gasteiger partial charge in [0, 0.05) is 0 Å². The molecule has 2 amide bonds. The van der Waals surface area contributed by atoms with Crippen LogP contribution < -0.4 is 18.4 Å². The fraction of sp³-hybridized carbons (Fsp3) is 0.560. The van der Waals surface area contributed by atoms with E-state index in [2.05, 4.69) is 10.6 Å². The molecule has 2 saturated carbocycles. The summed E-state index contributed by atoms with van der Waals surface area (Å²) in [6, 6.07) is 2.48. The minimum absolute atomic E-state index is 0.101. The molecule has 2 aromatic carbocycles. The molecule has 2 aromatic rings. The van der Waals surface area contributed by atoms with Gasteiger partial charge in [0.05, 0.1) is 0 Å². The van der Waals surface area contributed by atoms with Crippen molar-refractivity contribution in [3.8, 4) is 0 Å². The van der Waals surface area contributed by atoms with E-state index in [4.69, 9.17) is 0 Å². The second kappa shape index (κ2) is 19.2. The van der Waals surface area contributed by atoms with Gasteiger partial charge in [-0.05, 0) is 0 Å². The Bertz CT molecular complexity index is 1870. The zero-order valence-corrected chi connectivity index (χ0v) is 37.9. The van der Waals surface area contributed by atoms with Crippen LogP contribution in [0.3, 0.4) is 0 Å². The molecule has 0 aromatic heterocycles. The van der Waals surface area contributed by atoms with Crippen molar-refractivity contribution in [2.75, 3.05) is 10.6 Å². The Kier molecular flexibility index (Phi) is 14.8. The molecule has 59 heavy (non-hydrogen) atoms. The number of hydrogen-bond donors (Lipinski definition) is 2. The van der Waals surface area contributed by atoms with Crippen molar-refractivity contribution in [1.29, 1.82) is 0 Å².